The molecule has 1 saturated heterocycles. The molecular weight excluding hydrogens is 386 g/mol. The van der Waals surface area contributed by atoms with Crippen molar-refractivity contribution in [1.82, 2.24) is 0 Å². The van der Waals surface area contributed by atoms with Gasteiger partial charge in [0.05, 0.1) is 10.6 Å². The lowest BCUT2D eigenvalue weighted by molar-refractivity contribution is -0.384. The molecule has 0 N–H and O–H groups in total. The topological polar surface area (TPSA) is 66.7 Å². The summed E-state index contributed by atoms with van der Waals surface area (Å²) >= 11 is 7.78. The van der Waals surface area contributed by atoms with Crippen LogP contribution in [0.4, 0.5) is 17.1 Å². The Bertz CT molecular complexity index is 915. The molecule has 1 fully saturated rings. The maximum Gasteiger partial charge on any atom is 0.293 e. The Labute approximate surface area is 166 Å². The number of hydrogen-bond acceptors (Lipinski definition) is 5. The molecule has 2 aliphatic heterocycles. The summed E-state index contributed by atoms with van der Waals surface area (Å²) in [6, 6.07) is 10.3. The van der Waals surface area contributed by atoms with Crippen LogP contribution in [0.3, 0.4) is 0 Å². The summed E-state index contributed by atoms with van der Waals surface area (Å²) in [7, 11) is 0. The van der Waals surface area contributed by atoms with Gasteiger partial charge in [-0.05, 0) is 43.2 Å². The fourth-order valence-electron chi connectivity index (χ4n) is 3.59. The third-order valence-corrected chi connectivity index (χ3v) is 6.17. The molecule has 6 nitrogen and oxygen atoms in total. The summed E-state index contributed by atoms with van der Waals surface area (Å²) in [5.74, 6) is 0.531. The molecule has 2 aromatic carbocycles. The van der Waals surface area contributed by atoms with Crippen LogP contribution in [-0.4, -0.2) is 36.2 Å². The number of anilines is 2. The molecule has 4 rings (SSSR count). The van der Waals surface area contributed by atoms with E-state index in [1.54, 1.807) is 40.9 Å². The highest BCUT2D eigenvalue weighted by atomic mass is 35.5. The zero-order valence-corrected chi connectivity index (χ0v) is 16.1. The minimum absolute atomic E-state index is 0.0135. The first-order valence-electron chi connectivity index (χ1n) is 8.82. The molecule has 0 unspecified atom stereocenters. The molecule has 2 aliphatic rings. The van der Waals surface area contributed by atoms with Crippen LogP contribution in [0, 0.1) is 10.1 Å². The number of thioether (sulfide) groups is 1. The number of amides is 1. The van der Waals surface area contributed by atoms with Crippen molar-refractivity contribution in [2.75, 3.05) is 35.2 Å². The second-order valence-corrected chi connectivity index (χ2v) is 8.15. The fourth-order valence-corrected chi connectivity index (χ4v) is 4.73. The van der Waals surface area contributed by atoms with Crippen molar-refractivity contribution in [3.8, 4) is 0 Å². The Kier molecular flexibility index (Phi) is 4.97. The van der Waals surface area contributed by atoms with Crippen LogP contribution >= 0.6 is 23.4 Å². The smallest absolute Gasteiger partial charge is 0.293 e. The number of hydrogen-bond donors (Lipinski definition) is 0. The molecule has 2 heterocycles. The number of nitrogens with zero attached hydrogens (tertiary/aromatic N) is 3. The van der Waals surface area contributed by atoms with Crippen LogP contribution in [0.15, 0.2) is 41.3 Å². The van der Waals surface area contributed by atoms with Crippen LogP contribution < -0.4 is 9.80 Å². The van der Waals surface area contributed by atoms with Gasteiger partial charge in [-0.25, -0.2) is 0 Å². The number of nitro benzene ring substituents is 1. The van der Waals surface area contributed by atoms with Crippen molar-refractivity contribution in [3.63, 3.8) is 0 Å². The van der Waals surface area contributed by atoms with Gasteiger partial charge in [0.15, 0.2) is 0 Å². The van der Waals surface area contributed by atoms with E-state index >= 15 is 0 Å². The van der Waals surface area contributed by atoms with Gasteiger partial charge in [0.1, 0.15) is 5.69 Å². The van der Waals surface area contributed by atoms with Crippen molar-refractivity contribution in [2.24, 2.45) is 0 Å². The van der Waals surface area contributed by atoms with E-state index in [2.05, 4.69) is 0 Å². The first kappa shape index (κ1) is 18.1. The molecule has 8 heteroatoms. The highest BCUT2D eigenvalue weighted by Gasteiger charge is 2.28. The van der Waals surface area contributed by atoms with Gasteiger partial charge < -0.3 is 9.80 Å². The summed E-state index contributed by atoms with van der Waals surface area (Å²) in [5, 5.41) is 12.2. The highest BCUT2D eigenvalue weighted by Crippen LogP contribution is 2.38. The number of fused-ring (bicyclic) bond motifs is 1. The SMILES string of the molecule is O=C(c1ccc(N2CCCC2)c([N+](=O)[O-])c1)N1CCSc2ccc(Cl)cc21. The molecule has 0 saturated carbocycles. The van der Waals surface area contributed by atoms with Gasteiger partial charge in [0.2, 0.25) is 0 Å². The molecule has 0 aliphatic carbocycles. The second kappa shape index (κ2) is 7.40. The van der Waals surface area contributed by atoms with Gasteiger partial charge in [-0.3, -0.25) is 14.9 Å². The van der Waals surface area contributed by atoms with E-state index in [0.29, 0.717) is 22.8 Å². The maximum atomic E-state index is 13.1. The summed E-state index contributed by atoms with van der Waals surface area (Å²) < 4.78 is 0. The predicted molar refractivity (Wildman–Crippen MR) is 108 cm³/mol. The molecule has 1 amide bonds. The molecule has 0 radical (unpaired) electrons. The minimum Gasteiger partial charge on any atom is -0.366 e. The van der Waals surface area contributed by atoms with E-state index < -0.39 is 4.92 Å². The van der Waals surface area contributed by atoms with Gasteiger partial charge in [-0.2, -0.15) is 0 Å². The van der Waals surface area contributed by atoms with Crippen LogP contribution in [-0.2, 0) is 0 Å². The Morgan fingerprint density at radius 3 is 2.59 bits per heavy atom. The standard InChI is InChI=1S/C19H18ClN3O3S/c20-14-4-6-18-17(12-14)22(9-10-27-18)19(24)13-3-5-15(16(11-13)23(25)26)21-7-1-2-8-21/h3-6,11-12H,1-2,7-10H2. The van der Waals surface area contributed by atoms with Crippen LogP contribution in [0.25, 0.3) is 0 Å². The Hall–Kier alpha value is -2.25. The molecule has 2 aromatic rings. The Balaban J connectivity index is 1.70. The average molecular weight is 404 g/mol. The number of halogens is 1. The first-order chi connectivity index (χ1) is 13.0. The van der Waals surface area contributed by atoms with Crippen molar-refractivity contribution in [2.45, 2.75) is 17.7 Å². The Morgan fingerprint density at radius 1 is 1.07 bits per heavy atom. The van der Waals surface area contributed by atoms with Gasteiger partial charge in [-0.1, -0.05) is 11.6 Å². The van der Waals surface area contributed by atoms with E-state index in [-0.39, 0.29) is 11.6 Å². The van der Waals surface area contributed by atoms with Crippen molar-refractivity contribution in [3.05, 3.63) is 57.1 Å². The van der Waals surface area contributed by atoms with E-state index in [1.165, 1.54) is 6.07 Å². The van der Waals surface area contributed by atoms with E-state index in [9.17, 15) is 14.9 Å². The van der Waals surface area contributed by atoms with E-state index in [0.717, 1.165) is 42.3 Å². The maximum absolute atomic E-state index is 13.1. The highest BCUT2D eigenvalue weighted by molar-refractivity contribution is 7.99. The first-order valence-corrected chi connectivity index (χ1v) is 10.2. The summed E-state index contributed by atoms with van der Waals surface area (Å²) in [4.78, 5) is 29.0. The zero-order chi connectivity index (χ0) is 19.0. The number of carbonyl (C=O) groups is 1. The summed E-state index contributed by atoms with van der Waals surface area (Å²) in [5.41, 5.74) is 1.66. The molecule has 0 atom stereocenters. The molecular formula is C19H18ClN3O3S. The lowest BCUT2D eigenvalue weighted by atomic mass is 10.1. The quantitative estimate of drug-likeness (QED) is 0.553. The normalized spacial score (nSPS) is 16.3. The number of nitro groups is 1. The molecule has 27 heavy (non-hydrogen) atoms. The van der Waals surface area contributed by atoms with Gasteiger partial charge in [-0.15, -0.1) is 11.8 Å². The van der Waals surface area contributed by atoms with E-state index in [4.69, 9.17) is 11.6 Å². The molecule has 140 valence electrons. The summed E-state index contributed by atoms with van der Waals surface area (Å²) in [6.45, 7) is 2.16. The van der Waals surface area contributed by atoms with Gasteiger partial charge in [0.25, 0.3) is 11.6 Å². The molecule has 0 spiro atoms. The second-order valence-electron chi connectivity index (χ2n) is 6.57. The van der Waals surface area contributed by atoms with Crippen molar-refractivity contribution < 1.29 is 9.72 Å². The lowest BCUT2D eigenvalue weighted by Gasteiger charge is -2.29. The summed E-state index contributed by atoms with van der Waals surface area (Å²) in [6.07, 6.45) is 2.06. The van der Waals surface area contributed by atoms with E-state index in [1.807, 2.05) is 11.0 Å². The molecule has 0 bridgehead atoms. The third kappa shape index (κ3) is 3.49. The number of carbonyl (C=O) groups excluding carboxylic acids is 1. The molecule has 0 aromatic heterocycles. The van der Waals surface area contributed by atoms with Gasteiger partial charge >= 0.3 is 0 Å². The predicted octanol–water partition coefficient (Wildman–Crippen LogP) is 4.60. The van der Waals surface area contributed by atoms with Crippen molar-refractivity contribution in [1.29, 1.82) is 0 Å². The number of benzene rings is 2. The minimum atomic E-state index is -0.401. The largest absolute Gasteiger partial charge is 0.366 e. The third-order valence-electron chi connectivity index (χ3n) is 4.90. The lowest BCUT2D eigenvalue weighted by Crippen LogP contribution is -2.35. The van der Waals surface area contributed by atoms with Crippen LogP contribution in [0.1, 0.15) is 23.2 Å². The zero-order valence-electron chi connectivity index (χ0n) is 14.6. The van der Waals surface area contributed by atoms with Crippen LogP contribution in [0.2, 0.25) is 5.02 Å². The Morgan fingerprint density at radius 2 is 1.85 bits per heavy atom. The number of rotatable bonds is 3. The van der Waals surface area contributed by atoms with Crippen LogP contribution in [0.5, 0.6) is 0 Å². The monoisotopic (exact) mass is 403 g/mol. The average Bonchev–Trinajstić information content (AvgIpc) is 3.21. The van der Waals surface area contributed by atoms with Gasteiger partial charge in [0, 0.05) is 46.9 Å². The van der Waals surface area contributed by atoms with Crippen molar-refractivity contribution >= 4 is 46.3 Å². The fraction of sp³-hybridized carbons (Fsp3) is 0.316.